The average molecular weight is 336 g/mol. The molecule has 1 aromatic heterocycles. The van der Waals surface area contributed by atoms with E-state index in [-0.39, 0.29) is 0 Å². The highest BCUT2D eigenvalue weighted by atomic mass is 79.9. The van der Waals surface area contributed by atoms with Gasteiger partial charge in [0, 0.05) is 22.5 Å². The van der Waals surface area contributed by atoms with Crippen LogP contribution < -0.4 is 5.73 Å². The minimum absolute atomic E-state index is 0.370. The van der Waals surface area contributed by atoms with Crippen LogP contribution >= 0.6 is 15.9 Å². The third kappa shape index (κ3) is 3.06. The highest BCUT2D eigenvalue weighted by Gasteiger charge is 2.18. The number of hydrogen-bond acceptors (Lipinski definition) is 2. The van der Waals surface area contributed by atoms with E-state index in [4.69, 9.17) is 10.7 Å². The number of rotatable bonds is 5. The van der Waals surface area contributed by atoms with Crippen molar-refractivity contribution < 1.29 is 0 Å². The van der Waals surface area contributed by atoms with Gasteiger partial charge >= 0.3 is 0 Å². The standard InChI is InChI=1S/C16H22BrN3/c1-4-5-9-20-15(18)14(19-16(20)11(2)3)12-7-6-8-13(17)10-12/h6-8,10-11H,4-5,9,18H2,1-3H3. The van der Waals surface area contributed by atoms with E-state index in [1.54, 1.807) is 0 Å². The fourth-order valence-electron chi connectivity index (χ4n) is 2.32. The highest BCUT2D eigenvalue weighted by Crippen LogP contribution is 2.31. The van der Waals surface area contributed by atoms with Gasteiger partial charge in [-0.25, -0.2) is 4.98 Å². The van der Waals surface area contributed by atoms with Crippen LogP contribution in [0, 0.1) is 0 Å². The second kappa shape index (κ2) is 6.44. The first-order chi connectivity index (χ1) is 9.54. The Morgan fingerprint density at radius 3 is 2.70 bits per heavy atom. The zero-order valence-corrected chi connectivity index (χ0v) is 13.9. The second-order valence-corrected chi connectivity index (χ2v) is 6.29. The van der Waals surface area contributed by atoms with Crippen molar-refractivity contribution in [3.63, 3.8) is 0 Å². The molecule has 0 aliphatic heterocycles. The summed E-state index contributed by atoms with van der Waals surface area (Å²) in [5.74, 6) is 2.22. The first kappa shape index (κ1) is 15.1. The summed E-state index contributed by atoms with van der Waals surface area (Å²) in [7, 11) is 0. The normalized spacial score (nSPS) is 11.2. The summed E-state index contributed by atoms with van der Waals surface area (Å²) in [6.45, 7) is 7.46. The zero-order chi connectivity index (χ0) is 14.7. The zero-order valence-electron chi connectivity index (χ0n) is 12.4. The van der Waals surface area contributed by atoms with Gasteiger partial charge in [-0.05, 0) is 18.6 Å². The Morgan fingerprint density at radius 2 is 2.10 bits per heavy atom. The molecule has 2 aromatic rings. The summed E-state index contributed by atoms with van der Waals surface area (Å²) in [5, 5.41) is 0. The lowest BCUT2D eigenvalue weighted by Gasteiger charge is -2.11. The first-order valence-corrected chi connectivity index (χ1v) is 7.95. The smallest absolute Gasteiger partial charge is 0.131 e. The van der Waals surface area contributed by atoms with Crippen LogP contribution in [0.1, 0.15) is 45.4 Å². The third-order valence-electron chi connectivity index (χ3n) is 3.39. The number of anilines is 1. The van der Waals surface area contributed by atoms with E-state index < -0.39 is 0 Å². The Balaban J connectivity index is 2.49. The van der Waals surface area contributed by atoms with Crippen molar-refractivity contribution in [2.45, 2.75) is 46.1 Å². The largest absolute Gasteiger partial charge is 0.383 e. The molecule has 0 amide bonds. The molecule has 0 aliphatic carbocycles. The molecule has 2 N–H and O–H groups in total. The lowest BCUT2D eigenvalue weighted by Crippen LogP contribution is -2.08. The van der Waals surface area contributed by atoms with Gasteiger partial charge in [-0.15, -0.1) is 0 Å². The molecule has 0 saturated carbocycles. The van der Waals surface area contributed by atoms with Gasteiger partial charge in [0.2, 0.25) is 0 Å². The monoisotopic (exact) mass is 335 g/mol. The van der Waals surface area contributed by atoms with Gasteiger partial charge in [0.15, 0.2) is 0 Å². The van der Waals surface area contributed by atoms with Crippen LogP contribution in [0.15, 0.2) is 28.7 Å². The minimum atomic E-state index is 0.370. The van der Waals surface area contributed by atoms with Gasteiger partial charge in [0.05, 0.1) is 0 Å². The van der Waals surface area contributed by atoms with Crippen LogP contribution in [0.2, 0.25) is 0 Å². The SMILES string of the molecule is CCCCn1c(C(C)C)nc(-c2cccc(Br)c2)c1N. The molecular weight excluding hydrogens is 314 g/mol. The molecule has 1 aromatic carbocycles. The molecule has 20 heavy (non-hydrogen) atoms. The number of imidazole rings is 1. The molecular formula is C16H22BrN3. The molecule has 0 aliphatic rings. The fraction of sp³-hybridized carbons (Fsp3) is 0.438. The van der Waals surface area contributed by atoms with Gasteiger partial charge in [-0.2, -0.15) is 0 Å². The van der Waals surface area contributed by atoms with Crippen molar-refractivity contribution in [3.8, 4) is 11.3 Å². The Kier molecular flexibility index (Phi) is 4.86. The minimum Gasteiger partial charge on any atom is -0.383 e. The predicted molar refractivity (Wildman–Crippen MR) is 88.8 cm³/mol. The number of nitrogens with two attached hydrogens (primary N) is 1. The van der Waals surface area contributed by atoms with Crippen LogP contribution in [0.4, 0.5) is 5.82 Å². The summed E-state index contributed by atoms with van der Waals surface area (Å²) in [4.78, 5) is 4.79. The summed E-state index contributed by atoms with van der Waals surface area (Å²) < 4.78 is 3.22. The first-order valence-electron chi connectivity index (χ1n) is 7.16. The van der Waals surface area contributed by atoms with E-state index in [0.717, 1.165) is 46.8 Å². The van der Waals surface area contributed by atoms with Crippen LogP contribution in [-0.2, 0) is 6.54 Å². The van der Waals surface area contributed by atoms with Crippen molar-refractivity contribution in [3.05, 3.63) is 34.6 Å². The summed E-state index contributed by atoms with van der Waals surface area (Å²) in [6, 6.07) is 8.14. The maximum absolute atomic E-state index is 6.35. The molecule has 0 unspecified atom stereocenters. The number of aromatic nitrogens is 2. The Morgan fingerprint density at radius 1 is 1.35 bits per heavy atom. The Hall–Kier alpha value is -1.29. The van der Waals surface area contributed by atoms with E-state index in [9.17, 15) is 0 Å². The third-order valence-corrected chi connectivity index (χ3v) is 3.88. The van der Waals surface area contributed by atoms with Crippen molar-refractivity contribution in [2.24, 2.45) is 0 Å². The Bertz CT molecular complexity index is 587. The summed E-state index contributed by atoms with van der Waals surface area (Å²) >= 11 is 3.50. The van der Waals surface area contributed by atoms with Crippen LogP contribution in [0.5, 0.6) is 0 Å². The van der Waals surface area contributed by atoms with Crippen LogP contribution in [0.3, 0.4) is 0 Å². The summed E-state index contributed by atoms with van der Waals surface area (Å²) in [5.41, 5.74) is 8.31. The summed E-state index contributed by atoms with van der Waals surface area (Å²) in [6.07, 6.45) is 2.28. The lowest BCUT2D eigenvalue weighted by atomic mass is 10.1. The van der Waals surface area contributed by atoms with Gasteiger partial charge in [0.25, 0.3) is 0 Å². The number of halogens is 1. The molecule has 0 saturated heterocycles. The highest BCUT2D eigenvalue weighted by molar-refractivity contribution is 9.10. The van der Waals surface area contributed by atoms with Gasteiger partial charge in [-0.3, -0.25) is 0 Å². The lowest BCUT2D eigenvalue weighted by molar-refractivity contribution is 0.588. The van der Waals surface area contributed by atoms with E-state index in [1.165, 1.54) is 0 Å². The van der Waals surface area contributed by atoms with Crippen LogP contribution in [0.25, 0.3) is 11.3 Å². The van der Waals surface area contributed by atoms with Crippen molar-refractivity contribution in [1.29, 1.82) is 0 Å². The van der Waals surface area contributed by atoms with Crippen molar-refractivity contribution in [1.82, 2.24) is 9.55 Å². The number of nitrogens with zero attached hydrogens (tertiary/aromatic N) is 2. The number of hydrogen-bond donors (Lipinski definition) is 1. The topological polar surface area (TPSA) is 43.8 Å². The van der Waals surface area contributed by atoms with Gasteiger partial charge < -0.3 is 10.3 Å². The van der Waals surface area contributed by atoms with Crippen molar-refractivity contribution >= 4 is 21.7 Å². The molecule has 0 bridgehead atoms. The molecule has 0 atom stereocenters. The van der Waals surface area contributed by atoms with E-state index in [0.29, 0.717) is 5.92 Å². The quantitative estimate of drug-likeness (QED) is 0.851. The maximum Gasteiger partial charge on any atom is 0.131 e. The number of nitrogen functional groups attached to an aromatic ring is 1. The van der Waals surface area contributed by atoms with E-state index in [2.05, 4.69) is 53.4 Å². The maximum atomic E-state index is 6.35. The predicted octanol–water partition coefficient (Wildman–Crippen LogP) is 4.82. The molecule has 0 spiro atoms. The van der Waals surface area contributed by atoms with Crippen LogP contribution in [-0.4, -0.2) is 9.55 Å². The number of benzene rings is 1. The molecule has 108 valence electrons. The average Bonchev–Trinajstić information content (AvgIpc) is 2.74. The molecule has 0 fully saturated rings. The fourth-order valence-corrected chi connectivity index (χ4v) is 2.72. The molecule has 3 nitrogen and oxygen atoms in total. The molecule has 4 heteroatoms. The molecule has 2 rings (SSSR count). The molecule has 1 heterocycles. The van der Waals surface area contributed by atoms with Gasteiger partial charge in [0.1, 0.15) is 17.3 Å². The van der Waals surface area contributed by atoms with E-state index >= 15 is 0 Å². The van der Waals surface area contributed by atoms with Gasteiger partial charge in [-0.1, -0.05) is 55.3 Å². The number of unbranched alkanes of at least 4 members (excludes halogenated alkanes) is 1. The van der Waals surface area contributed by atoms with Crippen molar-refractivity contribution in [2.75, 3.05) is 5.73 Å². The molecule has 0 radical (unpaired) electrons. The second-order valence-electron chi connectivity index (χ2n) is 5.37. The Labute approximate surface area is 129 Å². The van der Waals surface area contributed by atoms with E-state index in [1.807, 2.05) is 12.1 Å².